The summed E-state index contributed by atoms with van der Waals surface area (Å²) < 4.78 is 10.8. The van der Waals surface area contributed by atoms with Crippen LogP contribution in [0.2, 0.25) is 0 Å². The number of rotatable bonds is 13. The van der Waals surface area contributed by atoms with Gasteiger partial charge in [-0.05, 0) is 53.9 Å². The van der Waals surface area contributed by atoms with Crippen LogP contribution in [0.3, 0.4) is 0 Å². The highest BCUT2D eigenvalue weighted by Crippen LogP contribution is 2.22. The summed E-state index contributed by atoms with van der Waals surface area (Å²) in [5, 5.41) is 0. The molecule has 0 aliphatic rings. The predicted molar refractivity (Wildman–Crippen MR) is 136 cm³/mol. The number of carbonyl (C=O) groups is 2. The topological polar surface area (TPSA) is 52.6 Å². The van der Waals surface area contributed by atoms with Crippen molar-refractivity contribution in [1.82, 2.24) is 0 Å². The maximum Gasteiger partial charge on any atom is 0.343 e. The molecule has 0 unspecified atom stereocenters. The van der Waals surface area contributed by atoms with Crippen LogP contribution in [-0.4, -0.2) is 18.5 Å². The van der Waals surface area contributed by atoms with E-state index in [4.69, 9.17) is 9.47 Å². The Kier molecular flexibility index (Phi) is 10.4. The van der Waals surface area contributed by atoms with E-state index < -0.39 is 5.97 Å². The van der Waals surface area contributed by atoms with Gasteiger partial charge in [-0.3, -0.25) is 0 Å². The van der Waals surface area contributed by atoms with Crippen LogP contribution in [0.25, 0.3) is 11.1 Å². The van der Waals surface area contributed by atoms with E-state index in [1.54, 1.807) is 36.4 Å². The largest absolute Gasteiger partial charge is 0.462 e. The SMILES string of the molecule is CCCCCCCCCCOC(=O)c1ccc(-c2ccc(C(=O)Oc3ccccc3)cc2)cc1. The Labute approximate surface area is 202 Å². The molecular formula is C30H34O4. The molecule has 0 radical (unpaired) electrons. The van der Waals surface area contributed by atoms with Crippen LogP contribution in [0.1, 0.15) is 79.0 Å². The number of para-hydroxylation sites is 1. The monoisotopic (exact) mass is 458 g/mol. The summed E-state index contributed by atoms with van der Waals surface area (Å²) >= 11 is 0. The average Bonchev–Trinajstić information content (AvgIpc) is 2.88. The van der Waals surface area contributed by atoms with Gasteiger partial charge in [0.1, 0.15) is 5.75 Å². The molecule has 0 bridgehead atoms. The van der Waals surface area contributed by atoms with Crippen molar-refractivity contribution in [3.63, 3.8) is 0 Å². The zero-order valence-electron chi connectivity index (χ0n) is 20.0. The minimum absolute atomic E-state index is 0.284. The zero-order chi connectivity index (χ0) is 24.0. The highest BCUT2D eigenvalue weighted by Gasteiger charge is 2.10. The molecule has 0 fully saturated rings. The molecule has 34 heavy (non-hydrogen) atoms. The first-order valence-corrected chi connectivity index (χ1v) is 12.3. The summed E-state index contributed by atoms with van der Waals surface area (Å²) in [6.07, 6.45) is 9.72. The Hall–Kier alpha value is -3.40. The highest BCUT2D eigenvalue weighted by molar-refractivity contribution is 5.92. The van der Waals surface area contributed by atoms with Crippen molar-refractivity contribution in [2.45, 2.75) is 58.3 Å². The number of benzene rings is 3. The van der Waals surface area contributed by atoms with Gasteiger partial charge < -0.3 is 9.47 Å². The second kappa shape index (κ2) is 14.0. The standard InChI is InChI=1S/C30H34O4/c1-2-3-4-5-6-7-8-12-23-33-29(31)26-19-15-24(16-20-26)25-17-21-27(22-18-25)30(32)34-28-13-10-9-11-14-28/h9-11,13-22H,2-8,12,23H2,1H3. The quantitative estimate of drug-likeness (QED) is 0.149. The third kappa shape index (κ3) is 8.18. The van der Waals surface area contributed by atoms with Gasteiger partial charge in [0.25, 0.3) is 0 Å². The Morgan fingerprint density at radius 1 is 0.588 bits per heavy atom. The number of hydrogen-bond acceptors (Lipinski definition) is 4. The molecular weight excluding hydrogens is 424 g/mol. The van der Waals surface area contributed by atoms with E-state index in [9.17, 15) is 9.59 Å². The lowest BCUT2D eigenvalue weighted by Gasteiger charge is -2.07. The minimum Gasteiger partial charge on any atom is -0.462 e. The molecule has 3 rings (SSSR count). The molecule has 4 nitrogen and oxygen atoms in total. The zero-order valence-corrected chi connectivity index (χ0v) is 20.0. The molecule has 0 atom stereocenters. The first-order chi connectivity index (χ1) is 16.7. The average molecular weight is 459 g/mol. The van der Waals surface area contributed by atoms with Crippen LogP contribution >= 0.6 is 0 Å². The maximum absolute atomic E-state index is 12.3. The first-order valence-electron chi connectivity index (χ1n) is 12.3. The Bertz CT molecular complexity index is 1010. The fraction of sp³-hybridized carbons (Fsp3) is 0.333. The van der Waals surface area contributed by atoms with Gasteiger partial charge in [0.15, 0.2) is 0 Å². The fourth-order valence-corrected chi connectivity index (χ4v) is 3.74. The lowest BCUT2D eigenvalue weighted by molar-refractivity contribution is 0.0497. The fourth-order valence-electron chi connectivity index (χ4n) is 3.74. The molecule has 0 aliphatic heterocycles. The summed E-state index contributed by atoms with van der Waals surface area (Å²) in [5.41, 5.74) is 2.94. The van der Waals surface area contributed by atoms with Gasteiger partial charge in [-0.2, -0.15) is 0 Å². The third-order valence-electron chi connectivity index (χ3n) is 5.76. The Balaban J connectivity index is 1.43. The van der Waals surface area contributed by atoms with E-state index in [0.29, 0.717) is 23.5 Å². The van der Waals surface area contributed by atoms with Crippen LogP contribution in [0.4, 0.5) is 0 Å². The smallest absolute Gasteiger partial charge is 0.343 e. The van der Waals surface area contributed by atoms with E-state index in [0.717, 1.165) is 24.0 Å². The molecule has 3 aromatic carbocycles. The van der Waals surface area contributed by atoms with E-state index in [2.05, 4.69) is 6.92 Å². The number of unbranched alkanes of at least 4 members (excludes halogenated alkanes) is 7. The van der Waals surface area contributed by atoms with E-state index in [1.165, 1.54) is 38.5 Å². The van der Waals surface area contributed by atoms with Crippen molar-refractivity contribution < 1.29 is 19.1 Å². The first kappa shape index (κ1) is 25.2. The molecule has 0 aromatic heterocycles. The van der Waals surface area contributed by atoms with E-state index in [-0.39, 0.29) is 5.97 Å². The number of esters is 2. The summed E-state index contributed by atoms with van der Waals surface area (Å²) in [7, 11) is 0. The molecule has 0 saturated carbocycles. The molecule has 0 heterocycles. The van der Waals surface area contributed by atoms with Gasteiger partial charge >= 0.3 is 11.9 Å². The van der Waals surface area contributed by atoms with Gasteiger partial charge in [0, 0.05) is 0 Å². The van der Waals surface area contributed by atoms with Gasteiger partial charge in [-0.25, -0.2) is 9.59 Å². The molecule has 0 saturated heterocycles. The molecule has 3 aromatic rings. The van der Waals surface area contributed by atoms with Crippen molar-refractivity contribution in [3.05, 3.63) is 90.0 Å². The number of ether oxygens (including phenoxy) is 2. The minimum atomic E-state index is -0.396. The predicted octanol–water partition coefficient (Wildman–Crippen LogP) is 7.87. The van der Waals surface area contributed by atoms with Gasteiger partial charge in [0.05, 0.1) is 17.7 Å². The molecule has 0 spiro atoms. The maximum atomic E-state index is 12.3. The molecule has 0 aliphatic carbocycles. The summed E-state index contributed by atoms with van der Waals surface area (Å²) in [6.45, 7) is 2.70. The van der Waals surface area contributed by atoms with Gasteiger partial charge in [-0.1, -0.05) is 94.3 Å². The lowest BCUT2D eigenvalue weighted by atomic mass is 10.0. The molecule has 0 N–H and O–H groups in total. The lowest BCUT2D eigenvalue weighted by Crippen LogP contribution is -2.08. The third-order valence-corrected chi connectivity index (χ3v) is 5.76. The number of carbonyl (C=O) groups excluding carboxylic acids is 2. The van der Waals surface area contributed by atoms with Crippen LogP contribution < -0.4 is 4.74 Å². The van der Waals surface area contributed by atoms with Crippen molar-refractivity contribution >= 4 is 11.9 Å². The molecule has 4 heteroatoms. The van der Waals surface area contributed by atoms with Gasteiger partial charge in [-0.15, -0.1) is 0 Å². The summed E-state index contributed by atoms with van der Waals surface area (Å²) in [5.74, 6) is -0.165. The van der Waals surface area contributed by atoms with E-state index >= 15 is 0 Å². The summed E-state index contributed by atoms with van der Waals surface area (Å²) in [4.78, 5) is 24.6. The molecule has 178 valence electrons. The second-order valence-electron chi connectivity index (χ2n) is 8.47. The number of hydrogen-bond donors (Lipinski definition) is 0. The van der Waals surface area contributed by atoms with Crippen molar-refractivity contribution in [2.75, 3.05) is 6.61 Å². The molecule has 0 amide bonds. The van der Waals surface area contributed by atoms with Crippen molar-refractivity contribution in [1.29, 1.82) is 0 Å². The van der Waals surface area contributed by atoms with Gasteiger partial charge in [0.2, 0.25) is 0 Å². The van der Waals surface area contributed by atoms with Crippen LogP contribution in [0.5, 0.6) is 5.75 Å². The second-order valence-corrected chi connectivity index (χ2v) is 8.47. The van der Waals surface area contributed by atoms with Crippen LogP contribution in [0, 0.1) is 0 Å². The van der Waals surface area contributed by atoms with Crippen LogP contribution in [0.15, 0.2) is 78.9 Å². The summed E-state index contributed by atoms with van der Waals surface area (Å²) in [6, 6.07) is 23.6. The van der Waals surface area contributed by atoms with Crippen molar-refractivity contribution in [2.24, 2.45) is 0 Å². The van der Waals surface area contributed by atoms with E-state index in [1.807, 2.05) is 42.5 Å². The highest BCUT2D eigenvalue weighted by atomic mass is 16.5. The van der Waals surface area contributed by atoms with Crippen molar-refractivity contribution in [3.8, 4) is 16.9 Å². The Morgan fingerprint density at radius 2 is 1.09 bits per heavy atom. The Morgan fingerprint density at radius 3 is 1.65 bits per heavy atom. The van der Waals surface area contributed by atoms with Crippen LogP contribution in [-0.2, 0) is 4.74 Å². The normalized spacial score (nSPS) is 10.6.